The van der Waals surface area contributed by atoms with Crippen LogP contribution in [0.25, 0.3) is 27.0 Å². The van der Waals surface area contributed by atoms with E-state index in [-0.39, 0.29) is 46.4 Å². The second-order valence-electron chi connectivity index (χ2n) is 24.6. The Labute approximate surface area is 453 Å². The smallest absolute Gasteiger partial charge is 0.282 e. The highest BCUT2D eigenvalue weighted by atomic mass is 35.5. The number of amides is 2. The Kier molecular flexibility index (Phi) is 14.7. The summed E-state index contributed by atoms with van der Waals surface area (Å²) in [4.78, 5) is 57.2. The van der Waals surface area contributed by atoms with E-state index in [0.29, 0.717) is 35.2 Å². The fraction of sp³-hybridized carbons (Fsp3) is 0.542. The van der Waals surface area contributed by atoms with E-state index in [4.69, 9.17) is 21.1 Å². The zero-order valence-corrected chi connectivity index (χ0v) is 48.4. The van der Waals surface area contributed by atoms with Crippen molar-refractivity contribution in [3.8, 4) is 16.1 Å². The number of nitrogens with zero attached hydrogens (tertiary/aromatic N) is 8. The quantitative estimate of drug-likeness (QED) is 0.112. The maximum absolute atomic E-state index is 15.0. The van der Waals surface area contributed by atoms with E-state index in [2.05, 4.69) is 134 Å². The highest BCUT2D eigenvalue weighted by Gasteiger charge is 2.48. The van der Waals surface area contributed by atoms with Crippen molar-refractivity contribution in [1.29, 1.82) is 0 Å². The van der Waals surface area contributed by atoms with Gasteiger partial charge < -0.3 is 19.5 Å². The number of benzene rings is 3. The molecule has 0 radical (unpaired) electrons. The summed E-state index contributed by atoms with van der Waals surface area (Å²) in [7, 11) is -2.22. The van der Waals surface area contributed by atoms with Gasteiger partial charge in [0.1, 0.15) is 17.9 Å². The van der Waals surface area contributed by atoms with Crippen LogP contribution in [0.15, 0.2) is 77.2 Å². The minimum atomic E-state index is -2.22. The summed E-state index contributed by atoms with van der Waals surface area (Å²) in [6, 6.07) is 19.3. The van der Waals surface area contributed by atoms with Gasteiger partial charge in [0.25, 0.3) is 5.56 Å². The number of carbonyl (C=O) groups excluding carboxylic acids is 2. The Bertz CT molecular complexity index is 3140. The van der Waals surface area contributed by atoms with Crippen LogP contribution in [-0.4, -0.2) is 97.8 Å². The first-order chi connectivity index (χ1) is 35.6. The molecule has 4 atom stereocenters. The van der Waals surface area contributed by atoms with Gasteiger partial charge in [-0.1, -0.05) is 93.9 Å². The molecule has 2 saturated heterocycles. The highest BCUT2D eigenvalue weighted by molar-refractivity contribution is 7.13. The molecule has 0 bridgehead atoms. The Morgan fingerprint density at radius 1 is 0.960 bits per heavy atom. The Hall–Kier alpha value is -5.06. The Morgan fingerprint density at radius 3 is 2.35 bits per heavy atom. The van der Waals surface area contributed by atoms with Crippen LogP contribution in [-0.2, 0) is 19.4 Å². The van der Waals surface area contributed by atoms with Crippen molar-refractivity contribution in [3.63, 3.8) is 0 Å². The molecule has 3 fully saturated rings. The number of aryl methyl sites for hydroxylation is 1. The first-order valence-electron chi connectivity index (χ1n) is 27.4. The molecule has 6 heterocycles. The minimum absolute atomic E-state index is 0.0245. The van der Waals surface area contributed by atoms with Gasteiger partial charge in [0.2, 0.25) is 11.8 Å². The molecule has 398 valence electrons. The van der Waals surface area contributed by atoms with Crippen LogP contribution in [0, 0.1) is 18.8 Å². The van der Waals surface area contributed by atoms with Crippen LogP contribution < -0.4 is 10.9 Å². The van der Waals surface area contributed by atoms with E-state index in [0.717, 1.165) is 103 Å². The van der Waals surface area contributed by atoms with Gasteiger partial charge in [-0.05, 0) is 156 Å². The fourth-order valence-corrected chi connectivity index (χ4v) is 14.7. The molecule has 1 saturated carbocycles. The van der Waals surface area contributed by atoms with E-state index in [9.17, 15) is 9.59 Å². The Morgan fingerprint density at radius 2 is 1.68 bits per heavy atom. The average Bonchev–Trinajstić information content (AvgIpc) is 4.18. The zero-order chi connectivity index (χ0) is 53.3. The summed E-state index contributed by atoms with van der Waals surface area (Å²) in [5.74, 6) is 1.79. The maximum Gasteiger partial charge on any atom is 0.282 e. The van der Waals surface area contributed by atoms with Crippen LogP contribution >= 0.6 is 22.9 Å². The molecule has 16 heteroatoms. The van der Waals surface area contributed by atoms with Gasteiger partial charge in [-0.25, -0.2) is 9.67 Å². The number of likely N-dealkylation sites (tertiary alicyclic amines) is 2. The predicted octanol–water partition coefficient (Wildman–Crippen LogP) is 11.9. The van der Waals surface area contributed by atoms with Crippen molar-refractivity contribution in [3.05, 3.63) is 122 Å². The monoisotopic (exact) mass is 1070 g/mol. The van der Waals surface area contributed by atoms with Gasteiger partial charge in [0.05, 0.1) is 60.9 Å². The lowest BCUT2D eigenvalue weighted by Gasteiger charge is -2.38. The molecule has 0 spiro atoms. The molecule has 2 amide bonds. The second-order valence-corrected chi connectivity index (χ2v) is 30.6. The molecule has 1 N–H and O–H groups in total. The average molecular weight is 1070 g/mol. The SMILES string of the molecule is Cc1ncsc1-c1ccc([C@H](C)NC(=O)[C@@H]2C[C@@H](O[Si](C)(C)C(C)(C)C)CN2C(=O)[C@H](C(C)C)n2cc(C3CCC(CN4CCC(c5ccc6c(c5)C(C)(C)c5nc(=O)c7c(Cl)cccc7n5-6)CC4)CC3)nn2)cc1. The third-order valence-electron chi connectivity index (χ3n) is 17.8. The van der Waals surface area contributed by atoms with E-state index in [1.807, 2.05) is 37.7 Å². The lowest BCUT2D eigenvalue weighted by Crippen LogP contribution is -2.49. The number of rotatable bonds is 13. The van der Waals surface area contributed by atoms with Crippen LogP contribution in [0.1, 0.15) is 158 Å². The third-order valence-corrected chi connectivity index (χ3v) is 23.6. The molecular weight excluding hydrogens is 994 g/mol. The first kappa shape index (κ1) is 53.3. The zero-order valence-electron chi connectivity index (χ0n) is 45.8. The van der Waals surface area contributed by atoms with Gasteiger partial charge in [-0.15, -0.1) is 16.4 Å². The summed E-state index contributed by atoms with van der Waals surface area (Å²) in [5.41, 5.74) is 9.69. The number of nitrogens with one attached hydrogen (secondary N) is 1. The van der Waals surface area contributed by atoms with E-state index in [1.54, 1.807) is 27.0 Å². The van der Waals surface area contributed by atoms with Gasteiger partial charge in [-0.3, -0.25) is 19.0 Å². The molecule has 10 rings (SSSR count). The normalized spacial score (nSPS) is 22.1. The lowest BCUT2D eigenvalue weighted by molar-refractivity contribution is -0.142. The molecule has 6 aromatic rings. The predicted molar refractivity (Wildman–Crippen MR) is 303 cm³/mol. The number of carbonyl (C=O) groups is 2. The van der Waals surface area contributed by atoms with Gasteiger partial charge >= 0.3 is 0 Å². The molecule has 1 aliphatic carbocycles. The van der Waals surface area contributed by atoms with Crippen molar-refractivity contribution in [2.75, 3.05) is 26.2 Å². The largest absolute Gasteiger partial charge is 0.412 e. The number of hydrogen-bond donors (Lipinski definition) is 1. The second kappa shape index (κ2) is 20.7. The number of fused-ring (bicyclic) bond motifs is 5. The molecule has 3 aromatic heterocycles. The van der Waals surface area contributed by atoms with E-state index in [1.165, 1.54) is 11.1 Å². The van der Waals surface area contributed by atoms with Gasteiger partial charge in [-0.2, -0.15) is 4.98 Å². The topological polar surface area (TPSA) is 140 Å². The summed E-state index contributed by atoms with van der Waals surface area (Å²) in [6.07, 6.45) is 8.79. The molecule has 13 nitrogen and oxygen atoms in total. The van der Waals surface area contributed by atoms with Crippen molar-refractivity contribution in [1.82, 2.24) is 44.6 Å². The van der Waals surface area contributed by atoms with E-state index >= 15 is 4.79 Å². The summed E-state index contributed by atoms with van der Waals surface area (Å²) >= 11 is 8.14. The molecule has 3 aromatic carbocycles. The molecule has 75 heavy (non-hydrogen) atoms. The standard InChI is InChI=1S/C59H76ClN9O4SSi/c1-35(2)52(56(72)67-32-44(73-75(10,11)58(5,6)7)30-50(67)54(70)62-36(3)39-19-21-42(22-20-39)53-37(4)61-34-74-53)68-33-47(64-65-68)41-17-15-38(16-18-41)31-66-27-25-40(26-28-66)43-23-24-48-45(29-43)59(8,9)57-63-55(71)51-46(60)13-12-14-49(51)69(48)57/h12-14,19-24,29,33-36,38,40-41,44,50,52H,15-18,25-28,30-32H2,1-11H3,(H,62,70)/t36-,38?,41?,44+,50-,52-/m0/s1. The molecule has 3 aliphatic heterocycles. The van der Waals surface area contributed by atoms with Crippen LogP contribution in [0.5, 0.6) is 0 Å². The van der Waals surface area contributed by atoms with Gasteiger partial charge in [0.15, 0.2) is 8.32 Å². The highest BCUT2D eigenvalue weighted by Crippen LogP contribution is 2.46. The molecule has 4 aliphatic rings. The van der Waals surface area contributed by atoms with Crippen molar-refractivity contribution < 1.29 is 14.0 Å². The van der Waals surface area contributed by atoms with Crippen molar-refractivity contribution >= 4 is 54.0 Å². The summed E-state index contributed by atoms with van der Waals surface area (Å²) in [5, 5.41) is 13.6. The number of halogens is 1. The van der Waals surface area contributed by atoms with E-state index < -0.39 is 25.8 Å². The van der Waals surface area contributed by atoms with Gasteiger partial charge in [0, 0.05) is 31.6 Å². The van der Waals surface area contributed by atoms with Crippen molar-refractivity contribution in [2.45, 2.75) is 167 Å². The maximum atomic E-state index is 15.0. The minimum Gasteiger partial charge on any atom is -0.412 e. The lowest BCUT2D eigenvalue weighted by atomic mass is 9.79. The van der Waals surface area contributed by atoms with Crippen LogP contribution in [0.2, 0.25) is 23.2 Å². The summed E-state index contributed by atoms with van der Waals surface area (Å²) < 4.78 is 10.8. The first-order valence-corrected chi connectivity index (χ1v) is 31.6. The number of hydrogen-bond acceptors (Lipinski definition) is 10. The van der Waals surface area contributed by atoms with Crippen molar-refractivity contribution in [2.24, 2.45) is 11.8 Å². The molecule has 0 unspecified atom stereocenters. The molecular formula is C59H76ClN9O4SSi. The number of thiazole rings is 1. The third kappa shape index (κ3) is 10.3. The fourth-order valence-electron chi connectivity index (χ4n) is 12.3. The number of piperidine rings is 1. The Balaban J connectivity index is 0.760. The number of aromatic nitrogens is 6. The van der Waals surface area contributed by atoms with Crippen LogP contribution in [0.3, 0.4) is 0 Å². The van der Waals surface area contributed by atoms with Crippen LogP contribution in [0.4, 0.5) is 0 Å². The summed E-state index contributed by atoms with van der Waals surface area (Å²) in [6.45, 7) is 27.2.